The van der Waals surface area contributed by atoms with Gasteiger partial charge in [-0.05, 0) is 36.2 Å². The summed E-state index contributed by atoms with van der Waals surface area (Å²) in [5.41, 5.74) is 8.42. The smallest absolute Gasteiger partial charge is 0.0240 e. The van der Waals surface area contributed by atoms with Crippen molar-refractivity contribution in [1.29, 1.82) is 0 Å². The zero-order valence-electron chi connectivity index (χ0n) is 8.17. The van der Waals surface area contributed by atoms with Crippen molar-refractivity contribution < 1.29 is 0 Å². The average molecular weight is 255 g/mol. The van der Waals surface area contributed by atoms with Gasteiger partial charge in [0, 0.05) is 24.1 Å². The fraction of sp³-hybridized carbons (Fsp3) is 0.455. The van der Waals surface area contributed by atoms with Crippen molar-refractivity contribution in [2.24, 2.45) is 5.73 Å². The van der Waals surface area contributed by atoms with E-state index in [4.69, 9.17) is 5.73 Å². The van der Waals surface area contributed by atoms with E-state index in [1.165, 1.54) is 15.6 Å². The third kappa shape index (κ3) is 2.16. The Bertz CT molecular complexity index is 325. The maximum atomic E-state index is 5.50. The van der Waals surface area contributed by atoms with Gasteiger partial charge in [-0.1, -0.05) is 22.0 Å². The maximum absolute atomic E-state index is 5.50. The van der Waals surface area contributed by atoms with Gasteiger partial charge >= 0.3 is 0 Å². The van der Waals surface area contributed by atoms with Crippen LogP contribution in [0.2, 0.25) is 0 Å². The van der Waals surface area contributed by atoms with E-state index >= 15 is 0 Å². The Morgan fingerprint density at radius 2 is 2.07 bits per heavy atom. The summed E-state index contributed by atoms with van der Waals surface area (Å²) in [6, 6.07) is 6.55. The van der Waals surface area contributed by atoms with Gasteiger partial charge in [0.05, 0.1) is 0 Å². The topological polar surface area (TPSA) is 29.3 Å². The van der Waals surface area contributed by atoms with Gasteiger partial charge in [-0.2, -0.15) is 0 Å². The summed E-state index contributed by atoms with van der Waals surface area (Å²) in [7, 11) is 0. The van der Waals surface area contributed by atoms with E-state index < -0.39 is 0 Å². The van der Waals surface area contributed by atoms with E-state index in [-0.39, 0.29) is 0 Å². The third-order valence-corrected chi connectivity index (χ3v) is 3.13. The van der Waals surface area contributed by atoms with E-state index in [0.717, 1.165) is 32.6 Å². The van der Waals surface area contributed by atoms with Gasteiger partial charge in [0.25, 0.3) is 0 Å². The lowest BCUT2D eigenvalue weighted by Crippen LogP contribution is -2.20. The number of hydrogen-bond acceptors (Lipinski definition) is 2. The molecular weight excluding hydrogens is 240 g/mol. The van der Waals surface area contributed by atoms with Crippen LogP contribution in [0.1, 0.15) is 17.5 Å². The molecule has 1 aromatic carbocycles. The Hall–Kier alpha value is -0.380. The molecule has 2 rings (SSSR count). The summed E-state index contributed by atoms with van der Waals surface area (Å²) in [6.07, 6.45) is 1.09. The van der Waals surface area contributed by atoms with Gasteiger partial charge < -0.3 is 5.73 Å². The molecule has 0 bridgehead atoms. The van der Waals surface area contributed by atoms with E-state index in [2.05, 4.69) is 39.0 Å². The molecule has 2 nitrogen and oxygen atoms in total. The molecule has 1 aliphatic heterocycles. The van der Waals surface area contributed by atoms with Crippen molar-refractivity contribution in [2.45, 2.75) is 19.5 Å². The summed E-state index contributed by atoms with van der Waals surface area (Å²) in [4.78, 5) is 2.45. The normalized spacial score (nSPS) is 15.9. The Morgan fingerprint density at radius 1 is 1.29 bits per heavy atom. The minimum absolute atomic E-state index is 0.788. The molecule has 2 N–H and O–H groups in total. The van der Waals surface area contributed by atoms with Crippen LogP contribution >= 0.6 is 15.9 Å². The second-order valence-corrected chi connectivity index (χ2v) is 4.68. The zero-order valence-corrected chi connectivity index (χ0v) is 9.76. The number of halogens is 1. The van der Waals surface area contributed by atoms with E-state index in [1.54, 1.807) is 0 Å². The number of benzene rings is 1. The van der Waals surface area contributed by atoms with Crippen molar-refractivity contribution >= 4 is 15.9 Å². The van der Waals surface area contributed by atoms with Crippen LogP contribution in [-0.4, -0.2) is 18.0 Å². The molecule has 3 heteroatoms. The summed E-state index contributed by atoms with van der Waals surface area (Å²) in [5.74, 6) is 0. The maximum Gasteiger partial charge on any atom is 0.0240 e. The number of nitrogens with zero attached hydrogens (tertiary/aromatic N) is 1. The number of nitrogens with two attached hydrogens (primary N) is 1. The van der Waals surface area contributed by atoms with Gasteiger partial charge in [-0.25, -0.2) is 0 Å². The highest BCUT2D eigenvalue weighted by atomic mass is 79.9. The molecule has 0 fully saturated rings. The zero-order chi connectivity index (χ0) is 9.97. The number of rotatable bonds is 3. The van der Waals surface area contributed by atoms with Crippen molar-refractivity contribution in [3.8, 4) is 0 Å². The van der Waals surface area contributed by atoms with Crippen LogP contribution in [0, 0.1) is 0 Å². The van der Waals surface area contributed by atoms with Crippen LogP contribution in [0.3, 0.4) is 0 Å². The number of fused-ring (bicyclic) bond motifs is 1. The largest absolute Gasteiger partial charge is 0.330 e. The molecule has 1 aliphatic rings. The number of hydrogen-bond donors (Lipinski definition) is 1. The van der Waals surface area contributed by atoms with Crippen molar-refractivity contribution in [3.63, 3.8) is 0 Å². The summed E-state index contributed by atoms with van der Waals surface area (Å²) < 4.78 is 1.18. The molecule has 0 aliphatic carbocycles. The van der Waals surface area contributed by atoms with E-state index in [0.29, 0.717) is 0 Å². The predicted octanol–water partition coefficient (Wildman–Crippen LogP) is 2.11. The van der Waals surface area contributed by atoms with Crippen LogP contribution in [0.5, 0.6) is 0 Å². The van der Waals surface area contributed by atoms with Gasteiger partial charge in [0.15, 0.2) is 0 Å². The molecule has 0 amide bonds. The minimum atomic E-state index is 0.788. The van der Waals surface area contributed by atoms with Crippen LogP contribution in [0.25, 0.3) is 0 Å². The Labute approximate surface area is 93.2 Å². The van der Waals surface area contributed by atoms with Gasteiger partial charge in [-0.15, -0.1) is 0 Å². The van der Waals surface area contributed by atoms with Crippen LogP contribution in [-0.2, 0) is 13.1 Å². The molecule has 0 spiro atoms. The fourth-order valence-electron chi connectivity index (χ4n) is 1.91. The lowest BCUT2D eigenvalue weighted by molar-refractivity contribution is 0.282. The lowest BCUT2D eigenvalue weighted by Gasteiger charge is -2.13. The first-order valence-electron chi connectivity index (χ1n) is 4.99. The SMILES string of the molecule is NCCCN1Cc2ccc(Br)cc2C1. The molecule has 0 radical (unpaired) electrons. The van der Waals surface area contributed by atoms with Crippen LogP contribution in [0.4, 0.5) is 0 Å². The molecular formula is C11H15BrN2. The fourth-order valence-corrected chi connectivity index (χ4v) is 2.32. The lowest BCUT2D eigenvalue weighted by atomic mass is 10.1. The molecule has 1 aromatic rings. The monoisotopic (exact) mass is 254 g/mol. The second-order valence-electron chi connectivity index (χ2n) is 3.77. The van der Waals surface area contributed by atoms with Crippen molar-refractivity contribution in [1.82, 2.24) is 4.90 Å². The summed E-state index contributed by atoms with van der Waals surface area (Å²) in [6.45, 7) is 4.07. The van der Waals surface area contributed by atoms with Crippen LogP contribution in [0.15, 0.2) is 22.7 Å². The molecule has 1 heterocycles. The van der Waals surface area contributed by atoms with E-state index in [1.807, 2.05) is 0 Å². The van der Waals surface area contributed by atoms with Gasteiger partial charge in [0.2, 0.25) is 0 Å². The first-order valence-corrected chi connectivity index (χ1v) is 5.78. The highest BCUT2D eigenvalue weighted by Crippen LogP contribution is 2.25. The summed E-state index contributed by atoms with van der Waals surface area (Å²) in [5, 5.41) is 0. The standard InChI is InChI=1S/C11H15BrN2/c12-11-3-2-9-7-14(5-1-4-13)8-10(9)6-11/h2-3,6H,1,4-5,7-8,13H2. The summed E-state index contributed by atoms with van der Waals surface area (Å²) >= 11 is 3.50. The van der Waals surface area contributed by atoms with Crippen LogP contribution < -0.4 is 5.73 Å². The molecule has 0 unspecified atom stereocenters. The Morgan fingerprint density at radius 3 is 2.86 bits per heavy atom. The highest BCUT2D eigenvalue weighted by Gasteiger charge is 2.17. The third-order valence-electron chi connectivity index (χ3n) is 2.63. The highest BCUT2D eigenvalue weighted by molar-refractivity contribution is 9.10. The van der Waals surface area contributed by atoms with Gasteiger partial charge in [-0.3, -0.25) is 4.90 Å². The van der Waals surface area contributed by atoms with E-state index in [9.17, 15) is 0 Å². The molecule has 0 saturated carbocycles. The van der Waals surface area contributed by atoms with Gasteiger partial charge in [0.1, 0.15) is 0 Å². The quantitative estimate of drug-likeness (QED) is 0.896. The Balaban J connectivity index is 2.03. The van der Waals surface area contributed by atoms with Crippen molar-refractivity contribution in [3.05, 3.63) is 33.8 Å². The average Bonchev–Trinajstić information content (AvgIpc) is 2.56. The molecule has 76 valence electrons. The molecule has 0 aromatic heterocycles. The predicted molar refractivity (Wildman–Crippen MR) is 61.9 cm³/mol. The Kier molecular flexibility index (Phi) is 3.21. The minimum Gasteiger partial charge on any atom is -0.330 e. The molecule has 0 saturated heterocycles. The first kappa shape index (κ1) is 10.1. The second kappa shape index (κ2) is 4.43. The first-order chi connectivity index (χ1) is 6.79. The molecule has 0 atom stereocenters. The molecule has 14 heavy (non-hydrogen) atoms. The van der Waals surface area contributed by atoms with Crippen molar-refractivity contribution in [2.75, 3.05) is 13.1 Å².